The SMILES string of the molecule is CCOC(=O)c1cnc(N2Cc3cc(C(=O)NC(CO)c4ccc(S(=O)(=O)CC)cc4)ccc3[C@@H](CC)C2)nc1. The fraction of sp³-hybridized carbons (Fsp3) is 0.379. The van der Waals surface area contributed by atoms with Crippen LogP contribution in [-0.2, 0) is 21.1 Å². The second-order valence-corrected chi connectivity index (χ2v) is 11.9. The predicted molar refractivity (Wildman–Crippen MR) is 150 cm³/mol. The van der Waals surface area contributed by atoms with E-state index in [0.717, 1.165) is 17.5 Å². The van der Waals surface area contributed by atoms with Crippen molar-refractivity contribution in [3.63, 3.8) is 0 Å². The first-order valence-corrected chi connectivity index (χ1v) is 15.0. The number of rotatable bonds is 10. The Labute approximate surface area is 234 Å². The third-order valence-electron chi connectivity index (χ3n) is 7.08. The van der Waals surface area contributed by atoms with Gasteiger partial charge in [0.2, 0.25) is 5.95 Å². The van der Waals surface area contributed by atoms with Crippen molar-refractivity contribution in [2.45, 2.75) is 50.6 Å². The summed E-state index contributed by atoms with van der Waals surface area (Å²) in [4.78, 5) is 36.2. The highest BCUT2D eigenvalue weighted by molar-refractivity contribution is 7.91. The molecule has 2 aromatic carbocycles. The minimum Gasteiger partial charge on any atom is -0.462 e. The largest absolute Gasteiger partial charge is 0.462 e. The van der Waals surface area contributed by atoms with Crippen molar-refractivity contribution in [2.24, 2.45) is 0 Å². The van der Waals surface area contributed by atoms with E-state index in [0.29, 0.717) is 30.2 Å². The lowest BCUT2D eigenvalue weighted by Gasteiger charge is -2.34. The Bertz CT molecular complexity index is 1460. The average Bonchev–Trinajstić information content (AvgIpc) is 2.99. The van der Waals surface area contributed by atoms with Crippen LogP contribution in [-0.4, -0.2) is 60.9 Å². The fourth-order valence-corrected chi connectivity index (χ4v) is 5.66. The molecular weight excluding hydrogens is 532 g/mol. The number of aliphatic hydroxyl groups excluding tert-OH is 1. The fourth-order valence-electron chi connectivity index (χ4n) is 4.77. The standard InChI is InChI=1S/C29H34N4O6S/c1-4-19-16-33(29-30-14-23(15-31-29)28(36)39-5-2)17-22-13-21(9-12-25(19)22)27(35)32-26(18-34)20-7-10-24(11-8-20)40(37,38)6-3/h7-15,19,26,34H,4-6,16-18H2,1-3H3,(H,32,35)/t19-,26?/m0/s1. The number of fused-ring (bicyclic) bond motifs is 1. The van der Waals surface area contributed by atoms with Crippen LogP contribution < -0.4 is 10.2 Å². The summed E-state index contributed by atoms with van der Waals surface area (Å²) in [5.41, 5.74) is 3.46. The molecule has 0 radical (unpaired) electrons. The van der Waals surface area contributed by atoms with Gasteiger partial charge < -0.3 is 20.1 Å². The average molecular weight is 567 g/mol. The van der Waals surface area contributed by atoms with Crippen LogP contribution in [0.1, 0.15) is 76.6 Å². The summed E-state index contributed by atoms with van der Waals surface area (Å²) in [5.74, 6) is -0.139. The Balaban J connectivity index is 1.52. The van der Waals surface area contributed by atoms with Gasteiger partial charge in [0.05, 0.1) is 35.5 Å². The number of carbonyl (C=O) groups excluding carboxylic acids is 2. The number of ether oxygens (including phenoxy) is 1. The number of hydrogen-bond acceptors (Lipinski definition) is 9. The number of benzene rings is 2. The number of carbonyl (C=O) groups is 2. The number of sulfone groups is 1. The Kier molecular flexibility index (Phi) is 9.16. The van der Waals surface area contributed by atoms with Gasteiger partial charge in [-0.1, -0.05) is 32.0 Å². The predicted octanol–water partition coefficient (Wildman–Crippen LogP) is 3.42. The molecule has 1 aromatic heterocycles. The Morgan fingerprint density at radius 1 is 1.07 bits per heavy atom. The van der Waals surface area contributed by atoms with Crippen molar-refractivity contribution in [3.05, 3.63) is 82.7 Å². The summed E-state index contributed by atoms with van der Waals surface area (Å²) in [6.45, 7) is 6.53. The van der Waals surface area contributed by atoms with Crippen LogP contribution in [0.5, 0.6) is 0 Å². The Morgan fingerprint density at radius 3 is 2.38 bits per heavy atom. The van der Waals surface area contributed by atoms with Gasteiger partial charge in [0.15, 0.2) is 9.84 Å². The zero-order valence-corrected chi connectivity index (χ0v) is 23.6. The first-order valence-electron chi connectivity index (χ1n) is 13.3. The number of nitrogens with zero attached hydrogens (tertiary/aromatic N) is 3. The van der Waals surface area contributed by atoms with E-state index in [2.05, 4.69) is 22.2 Å². The molecule has 0 aliphatic carbocycles. The van der Waals surface area contributed by atoms with Gasteiger partial charge in [0, 0.05) is 37.0 Å². The molecule has 1 unspecified atom stereocenters. The number of esters is 1. The third kappa shape index (κ3) is 6.31. The molecular formula is C29H34N4O6S. The zero-order chi connectivity index (χ0) is 28.9. The number of anilines is 1. The van der Waals surface area contributed by atoms with Crippen LogP contribution in [0.15, 0.2) is 59.8 Å². The molecule has 3 aromatic rings. The maximum Gasteiger partial charge on any atom is 0.341 e. The van der Waals surface area contributed by atoms with Crippen molar-refractivity contribution in [1.29, 1.82) is 0 Å². The molecule has 2 N–H and O–H groups in total. The maximum atomic E-state index is 13.2. The van der Waals surface area contributed by atoms with E-state index in [1.807, 2.05) is 17.0 Å². The molecule has 11 heteroatoms. The summed E-state index contributed by atoms with van der Waals surface area (Å²) in [6, 6.07) is 11.1. The van der Waals surface area contributed by atoms with Crippen molar-refractivity contribution in [2.75, 3.05) is 30.4 Å². The molecule has 10 nitrogen and oxygen atoms in total. The van der Waals surface area contributed by atoms with E-state index in [4.69, 9.17) is 4.74 Å². The summed E-state index contributed by atoms with van der Waals surface area (Å²) in [6.07, 6.45) is 3.80. The molecule has 2 atom stereocenters. The molecule has 0 spiro atoms. The molecule has 1 aliphatic rings. The molecule has 212 valence electrons. The molecule has 0 bridgehead atoms. The normalized spacial score (nSPS) is 15.7. The monoisotopic (exact) mass is 566 g/mol. The molecule has 40 heavy (non-hydrogen) atoms. The van der Waals surface area contributed by atoms with Gasteiger partial charge in [-0.2, -0.15) is 0 Å². The van der Waals surface area contributed by atoms with Crippen molar-refractivity contribution >= 4 is 27.7 Å². The van der Waals surface area contributed by atoms with E-state index in [9.17, 15) is 23.1 Å². The number of aromatic nitrogens is 2. The lowest BCUT2D eigenvalue weighted by atomic mass is 9.87. The van der Waals surface area contributed by atoms with Gasteiger partial charge in [-0.3, -0.25) is 4.79 Å². The summed E-state index contributed by atoms with van der Waals surface area (Å²) >= 11 is 0. The minimum atomic E-state index is -3.35. The van der Waals surface area contributed by atoms with E-state index in [1.54, 1.807) is 32.0 Å². The quantitative estimate of drug-likeness (QED) is 0.353. The van der Waals surface area contributed by atoms with Crippen LogP contribution >= 0.6 is 0 Å². The third-order valence-corrected chi connectivity index (χ3v) is 8.83. The second kappa shape index (κ2) is 12.6. The number of hydrogen-bond donors (Lipinski definition) is 2. The van der Waals surface area contributed by atoms with Gasteiger partial charge in [0.1, 0.15) is 0 Å². The highest BCUT2D eigenvalue weighted by Gasteiger charge is 2.27. The van der Waals surface area contributed by atoms with E-state index in [-0.39, 0.29) is 41.3 Å². The smallest absolute Gasteiger partial charge is 0.341 e. The summed E-state index contributed by atoms with van der Waals surface area (Å²) in [5, 5.41) is 12.8. The molecule has 1 aliphatic heterocycles. The molecule has 1 amide bonds. The van der Waals surface area contributed by atoms with Crippen LogP contribution in [0.25, 0.3) is 0 Å². The highest BCUT2D eigenvalue weighted by atomic mass is 32.2. The number of nitrogens with one attached hydrogen (secondary N) is 1. The van der Waals surface area contributed by atoms with Gasteiger partial charge in [-0.15, -0.1) is 0 Å². The molecule has 4 rings (SSSR count). The van der Waals surface area contributed by atoms with Crippen LogP contribution in [0.2, 0.25) is 0 Å². The van der Waals surface area contributed by atoms with Crippen LogP contribution in [0.4, 0.5) is 5.95 Å². The summed E-state index contributed by atoms with van der Waals surface area (Å²) in [7, 11) is -3.35. The topological polar surface area (TPSA) is 139 Å². The first kappa shape index (κ1) is 29.2. The van der Waals surface area contributed by atoms with Gasteiger partial charge in [-0.25, -0.2) is 23.2 Å². The Hall–Kier alpha value is -3.83. The lowest BCUT2D eigenvalue weighted by Crippen LogP contribution is -2.35. The van der Waals surface area contributed by atoms with Crippen LogP contribution in [0.3, 0.4) is 0 Å². The van der Waals surface area contributed by atoms with Gasteiger partial charge >= 0.3 is 5.97 Å². The highest BCUT2D eigenvalue weighted by Crippen LogP contribution is 2.33. The molecule has 0 fully saturated rings. The zero-order valence-electron chi connectivity index (χ0n) is 22.8. The summed E-state index contributed by atoms with van der Waals surface area (Å²) < 4.78 is 29.2. The number of aliphatic hydroxyl groups is 1. The van der Waals surface area contributed by atoms with E-state index < -0.39 is 21.8 Å². The van der Waals surface area contributed by atoms with Gasteiger partial charge in [-0.05, 0) is 54.3 Å². The van der Waals surface area contributed by atoms with Crippen molar-refractivity contribution < 1.29 is 27.9 Å². The van der Waals surface area contributed by atoms with Crippen molar-refractivity contribution in [1.82, 2.24) is 15.3 Å². The maximum absolute atomic E-state index is 13.2. The lowest BCUT2D eigenvalue weighted by molar-refractivity contribution is 0.0525. The second-order valence-electron chi connectivity index (χ2n) is 9.57. The van der Waals surface area contributed by atoms with Crippen molar-refractivity contribution in [3.8, 4) is 0 Å². The van der Waals surface area contributed by atoms with Crippen LogP contribution in [0, 0.1) is 0 Å². The van der Waals surface area contributed by atoms with E-state index in [1.165, 1.54) is 24.5 Å². The Morgan fingerprint density at radius 2 is 1.77 bits per heavy atom. The molecule has 2 heterocycles. The first-order chi connectivity index (χ1) is 19.2. The minimum absolute atomic E-state index is 0.00775. The molecule has 0 saturated heterocycles. The number of amides is 1. The molecule has 0 saturated carbocycles. The van der Waals surface area contributed by atoms with Gasteiger partial charge in [0.25, 0.3) is 5.91 Å². The van der Waals surface area contributed by atoms with E-state index >= 15 is 0 Å².